The van der Waals surface area contributed by atoms with Gasteiger partial charge in [-0.25, -0.2) is 14.4 Å². The molecule has 0 amide bonds. The van der Waals surface area contributed by atoms with E-state index in [4.69, 9.17) is 23.7 Å². The first kappa shape index (κ1) is 39.8. The number of aryl methyl sites for hydroxylation is 1. The fourth-order valence-electron chi connectivity index (χ4n) is 7.48. The van der Waals surface area contributed by atoms with Crippen LogP contribution >= 0.6 is 0 Å². The van der Waals surface area contributed by atoms with Gasteiger partial charge >= 0.3 is 17.9 Å². The van der Waals surface area contributed by atoms with Crippen molar-refractivity contribution in [2.24, 2.45) is 17.8 Å². The molecule has 2 aromatic carbocycles. The maximum Gasteiger partial charge on any atom is 0.341 e. The molecule has 0 atom stereocenters. The van der Waals surface area contributed by atoms with Gasteiger partial charge in [0.2, 0.25) is 0 Å². The first-order valence-corrected chi connectivity index (χ1v) is 18.4. The molecule has 2 aliphatic carbocycles. The molecule has 0 unspecified atom stereocenters. The lowest BCUT2D eigenvalue weighted by Crippen LogP contribution is -2.26. The van der Waals surface area contributed by atoms with E-state index < -0.39 is 11.9 Å². The maximum absolute atomic E-state index is 12.9. The molecule has 0 spiro atoms. The van der Waals surface area contributed by atoms with E-state index in [0.29, 0.717) is 54.3 Å². The van der Waals surface area contributed by atoms with E-state index in [2.05, 4.69) is 50.1 Å². The van der Waals surface area contributed by atoms with Gasteiger partial charge in [-0.15, -0.1) is 0 Å². The molecule has 2 aromatic rings. The van der Waals surface area contributed by atoms with E-state index in [1.54, 1.807) is 6.92 Å². The largest absolute Gasteiger partial charge is 0.462 e. The van der Waals surface area contributed by atoms with Gasteiger partial charge in [-0.2, -0.15) is 0 Å². The van der Waals surface area contributed by atoms with Crippen molar-refractivity contribution in [3.05, 3.63) is 90.0 Å². The van der Waals surface area contributed by atoms with Gasteiger partial charge in [0, 0.05) is 19.8 Å². The minimum Gasteiger partial charge on any atom is -0.462 e. The molecule has 0 N–H and O–H groups in total. The number of hydrogen-bond donors (Lipinski definition) is 0. The predicted octanol–water partition coefficient (Wildman–Crippen LogP) is 8.73. The van der Waals surface area contributed by atoms with Gasteiger partial charge < -0.3 is 23.7 Å². The summed E-state index contributed by atoms with van der Waals surface area (Å²) >= 11 is 0. The topological polar surface area (TPSA) is 97.4 Å². The summed E-state index contributed by atoms with van der Waals surface area (Å²) in [4.78, 5) is 36.5. The zero-order valence-electron chi connectivity index (χ0n) is 30.8. The minimum atomic E-state index is -0.469. The maximum atomic E-state index is 12.9. The molecule has 2 fully saturated rings. The highest BCUT2D eigenvalue weighted by Crippen LogP contribution is 2.46. The van der Waals surface area contributed by atoms with Crippen LogP contribution in [0.1, 0.15) is 88.2 Å². The first-order valence-electron chi connectivity index (χ1n) is 18.4. The second kappa shape index (κ2) is 20.1. The van der Waals surface area contributed by atoms with Crippen LogP contribution < -0.4 is 4.74 Å². The van der Waals surface area contributed by atoms with Crippen LogP contribution in [0.3, 0.4) is 0 Å². The van der Waals surface area contributed by atoms with Gasteiger partial charge in [-0.05, 0) is 123 Å². The Bertz CT molecular complexity index is 1510. The van der Waals surface area contributed by atoms with Crippen molar-refractivity contribution in [1.29, 1.82) is 0 Å². The molecule has 51 heavy (non-hydrogen) atoms. The van der Waals surface area contributed by atoms with Crippen molar-refractivity contribution in [2.75, 3.05) is 40.6 Å². The molecule has 276 valence electrons. The Balaban J connectivity index is 1.36. The molecule has 0 aliphatic heterocycles. The third-order valence-electron chi connectivity index (χ3n) is 10.4. The van der Waals surface area contributed by atoms with Gasteiger partial charge in [-0.3, -0.25) is 0 Å². The third kappa shape index (κ3) is 12.0. The SMILES string of the molecule is C=C(C)C(=O)OCCC1CCC(C2CCC(c3cc(-c4ccc(CCCOC(=O)C(=C)COC)cc4)ccc3OC(=O)C(=C)COC)CC2)CC1. The average molecular weight is 701 g/mol. The van der Waals surface area contributed by atoms with Crippen LogP contribution in [0.2, 0.25) is 0 Å². The summed E-state index contributed by atoms with van der Waals surface area (Å²) < 4.78 is 26.6. The number of rotatable bonds is 18. The van der Waals surface area contributed by atoms with Crippen LogP contribution in [0.5, 0.6) is 5.75 Å². The smallest absolute Gasteiger partial charge is 0.341 e. The number of carbonyl (C=O) groups is 3. The van der Waals surface area contributed by atoms with Gasteiger partial charge in [0.05, 0.1) is 37.6 Å². The second-order valence-corrected chi connectivity index (χ2v) is 14.2. The molecule has 0 radical (unpaired) electrons. The van der Waals surface area contributed by atoms with Crippen LogP contribution in [-0.4, -0.2) is 58.6 Å². The van der Waals surface area contributed by atoms with E-state index in [-0.39, 0.29) is 24.8 Å². The average Bonchev–Trinajstić information content (AvgIpc) is 3.14. The molecular weight excluding hydrogens is 644 g/mol. The number of carbonyl (C=O) groups excluding carboxylic acids is 3. The fraction of sp³-hybridized carbons (Fsp3) is 0.512. The second-order valence-electron chi connectivity index (χ2n) is 14.2. The fourth-order valence-corrected chi connectivity index (χ4v) is 7.48. The quantitative estimate of drug-likeness (QED) is 0.0660. The van der Waals surface area contributed by atoms with E-state index >= 15 is 0 Å². The number of methoxy groups -OCH3 is 2. The van der Waals surface area contributed by atoms with E-state index in [0.717, 1.165) is 66.7 Å². The van der Waals surface area contributed by atoms with E-state index in [1.165, 1.54) is 39.9 Å². The summed E-state index contributed by atoms with van der Waals surface area (Å²) in [5.74, 6) is 1.77. The molecule has 0 bridgehead atoms. The van der Waals surface area contributed by atoms with E-state index in [9.17, 15) is 14.4 Å². The van der Waals surface area contributed by atoms with Gasteiger partial charge in [0.15, 0.2) is 0 Å². The summed E-state index contributed by atoms with van der Waals surface area (Å²) in [5.41, 5.74) is 5.44. The number of esters is 3. The minimum absolute atomic E-state index is 0.122. The predicted molar refractivity (Wildman–Crippen MR) is 199 cm³/mol. The highest BCUT2D eigenvalue weighted by atomic mass is 16.5. The third-order valence-corrected chi connectivity index (χ3v) is 10.4. The highest BCUT2D eigenvalue weighted by Gasteiger charge is 2.32. The van der Waals surface area contributed by atoms with Crippen molar-refractivity contribution in [2.45, 2.75) is 83.5 Å². The number of hydrogen-bond acceptors (Lipinski definition) is 8. The molecule has 0 saturated heterocycles. The summed E-state index contributed by atoms with van der Waals surface area (Å²) in [6.45, 7) is 14.0. The van der Waals surface area contributed by atoms with Crippen molar-refractivity contribution in [3.8, 4) is 16.9 Å². The Hall–Kier alpha value is -4.01. The lowest BCUT2D eigenvalue weighted by Gasteiger charge is -2.38. The van der Waals surface area contributed by atoms with Crippen molar-refractivity contribution >= 4 is 17.9 Å². The van der Waals surface area contributed by atoms with Crippen LogP contribution in [0, 0.1) is 17.8 Å². The van der Waals surface area contributed by atoms with E-state index in [1.807, 2.05) is 12.1 Å². The summed E-state index contributed by atoms with van der Waals surface area (Å²) in [5, 5.41) is 0. The molecule has 8 heteroatoms. The summed E-state index contributed by atoms with van der Waals surface area (Å²) in [6, 6.07) is 14.6. The molecule has 0 heterocycles. The lowest BCUT2D eigenvalue weighted by molar-refractivity contribution is -0.140. The number of benzene rings is 2. The van der Waals surface area contributed by atoms with Crippen LogP contribution in [-0.2, 0) is 39.8 Å². The standard InChI is InChI=1S/C43H56O8/c1-29(2)41(44)50-25-23-33-11-13-34(14-12-33)35-17-19-37(20-18-35)39-26-38(21-22-40(39)51-43(46)31(4)28-48-6)36-15-9-32(10-16-36)8-7-24-49-42(45)30(3)27-47-5/h9-10,15-16,21-22,26,33-35,37H,1,3-4,7-8,11-14,17-20,23-25,27-28H2,2,5-6H3. The van der Waals surface area contributed by atoms with Gasteiger partial charge in [-0.1, -0.05) is 62.9 Å². The van der Waals surface area contributed by atoms with Crippen molar-refractivity contribution in [1.82, 2.24) is 0 Å². The summed E-state index contributed by atoms with van der Waals surface area (Å²) in [7, 11) is 3.05. The van der Waals surface area contributed by atoms with Crippen LogP contribution in [0.15, 0.2) is 78.9 Å². The zero-order chi connectivity index (χ0) is 36.8. The normalized spacial score (nSPS) is 20.2. The Morgan fingerprint density at radius 3 is 1.86 bits per heavy atom. The Morgan fingerprint density at radius 2 is 1.25 bits per heavy atom. The Labute approximate surface area is 304 Å². The number of ether oxygens (including phenoxy) is 5. The van der Waals surface area contributed by atoms with Crippen LogP contribution in [0.25, 0.3) is 11.1 Å². The van der Waals surface area contributed by atoms with Gasteiger partial charge in [0.1, 0.15) is 5.75 Å². The lowest BCUT2D eigenvalue weighted by atomic mass is 9.68. The Kier molecular flexibility index (Phi) is 15.7. The van der Waals surface area contributed by atoms with Crippen molar-refractivity contribution in [3.63, 3.8) is 0 Å². The van der Waals surface area contributed by atoms with Gasteiger partial charge in [0.25, 0.3) is 0 Å². The monoisotopic (exact) mass is 700 g/mol. The summed E-state index contributed by atoms with van der Waals surface area (Å²) in [6.07, 6.45) is 11.7. The molecule has 2 saturated carbocycles. The molecular formula is C43H56O8. The van der Waals surface area contributed by atoms with Crippen LogP contribution in [0.4, 0.5) is 0 Å². The molecule has 2 aliphatic rings. The van der Waals surface area contributed by atoms with Crippen molar-refractivity contribution < 1.29 is 38.1 Å². The zero-order valence-corrected chi connectivity index (χ0v) is 30.8. The Morgan fingerprint density at radius 1 is 0.686 bits per heavy atom. The first-order chi connectivity index (χ1) is 24.6. The molecule has 0 aromatic heterocycles. The molecule has 4 rings (SSSR count). The molecule has 8 nitrogen and oxygen atoms in total. The highest BCUT2D eigenvalue weighted by molar-refractivity contribution is 5.90.